The fraction of sp³-hybridized carbons (Fsp3) is 0.182. The molecule has 1 rings (SSSR count). The number of carbonyl (C=O) groups is 1. The van der Waals surface area contributed by atoms with Crippen molar-refractivity contribution in [3.63, 3.8) is 0 Å². The van der Waals surface area contributed by atoms with Crippen molar-refractivity contribution in [3.05, 3.63) is 42.0 Å². The first-order valence-corrected chi connectivity index (χ1v) is 5.03. The summed E-state index contributed by atoms with van der Waals surface area (Å²) in [6, 6.07) is 4.73. The maximum absolute atomic E-state index is 12.3. The van der Waals surface area contributed by atoms with E-state index in [4.69, 9.17) is 0 Å². The number of halogens is 3. The molecule has 92 valence electrons. The Balaban J connectivity index is 0.00000289. The molecule has 1 aromatic carbocycles. The predicted octanol–water partition coefficient (Wildman–Crippen LogP) is -1.06. The minimum absolute atomic E-state index is 0. The second-order valence-corrected chi connectivity index (χ2v) is 3.78. The van der Waals surface area contributed by atoms with Gasteiger partial charge in [-0.3, -0.25) is 4.79 Å². The summed E-state index contributed by atoms with van der Waals surface area (Å²) < 4.78 is 37.0. The molecule has 18 heavy (non-hydrogen) atoms. The van der Waals surface area contributed by atoms with E-state index in [0.29, 0.717) is 11.1 Å². The van der Waals surface area contributed by atoms with Gasteiger partial charge >= 0.3 is 58.4 Å². The van der Waals surface area contributed by atoms with E-state index in [0.717, 1.165) is 12.1 Å². The van der Waals surface area contributed by atoms with Crippen LogP contribution in [-0.4, -0.2) is 12.9 Å². The zero-order valence-electron chi connectivity index (χ0n) is 10.3. The first-order chi connectivity index (χ1) is 7.80. The van der Waals surface area contributed by atoms with E-state index in [9.17, 15) is 17.7 Å². The van der Waals surface area contributed by atoms with Gasteiger partial charge in [0.2, 0.25) is 5.91 Å². The molecule has 0 aliphatic rings. The molecule has 0 aromatic heterocycles. The number of hydrogen-bond donors (Lipinski definition) is 1. The van der Waals surface area contributed by atoms with Crippen molar-refractivity contribution in [2.75, 3.05) is 0 Å². The van der Waals surface area contributed by atoms with Gasteiger partial charge in [0.1, 0.15) is 0 Å². The van der Waals surface area contributed by atoms with E-state index in [1.807, 2.05) is 0 Å². The first-order valence-electron chi connectivity index (χ1n) is 5.03. The maximum Gasteiger partial charge on any atom is 1.00 e. The summed E-state index contributed by atoms with van der Waals surface area (Å²) in [5, 5.41) is 2.54. The number of rotatable bonds is 4. The molecule has 0 radical (unpaired) electrons. The molecule has 0 aliphatic heterocycles. The molecule has 1 amide bonds. The molecule has 1 N–H and O–H groups in total. The zero-order valence-corrected chi connectivity index (χ0v) is 13.5. The number of carbonyl (C=O) groups excluding carboxylic acids is 1. The first kappa shape index (κ1) is 17.9. The van der Waals surface area contributed by atoms with E-state index in [2.05, 4.69) is 11.9 Å². The minimum atomic E-state index is -4.96. The van der Waals surface area contributed by atoms with E-state index in [1.165, 1.54) is 12.1 Å². The Labute approximate surface area is 147 Å². The van der Waals surface area contributed by atoms with Crippen molar-refractivity contribution < 1.29 is 69.1 Å². The second kappa shape index (κ2) is 7.50. The normalized spacial score (nSPS) is 10.4. The molecule has 0 saturated heterocycles. The van der Waals surface area contributed by atoms with Crippen LogP contribution in [0.1, 0.15) is 12.5 Å². The number of nitrogens with one attached hydrogen (secondary N) is 1. The molecule has 0 heterocycles. The van der Waals surface area contributed by atoms with Gasteiger partial charge in [-0.05, 0) is 12.5 Å². The summed E-state index contributed by atoms with van der Waals surface area (Å²) in [7, 11) is 0. The smallest absolute Gasteiger partial charge is 0.445 e. The zero-order chi connectivity index (χ0) is 13.1. The van der Waals surface area contributed by atoms with Gasteiger partial charge in [-0.15, -0.1) is 5.46 Å². The van der Waals surface area contributed by atoms with Crippen molar-refractivity contribution in [2.24, 2.45) is 0 Å². The van der Waals surface area contributed by atoms with Crippen LogP contribution >= 0.6 is 0 Å². The van der Waals surface area contributed by atoms with Gasteiger partial charge in [0.05, 0.1) is 0 Å². The Morgan fingerprint density at radius 1 is 1.28 bits per heavy atom. The Hall–Kier alpha value is -0.0787. The molecule has 0 unspecified atom stereocenters. The van der Waals surface area contributed by atoms with E-state index < -0.39 is 12.4 Å². The van der Waals surface area contributed by atoms with Crippen LogP contribution in [-0.2, 0) is 11.3 Å². The van der Waals surface area contributed by atoms with Crippen LogP contribution in [0.25, 0.3) is 0 Å². The van der Waals surface area contributed by atoms with E-state index >= 15 is 0 Å². The molecule has 0 atom stereocenters. The third-order valence-electron chi connectivity index (χ3n) is 2.20. The third kappa shape index (κ3) is 5.71. The molecule has 0 bridgehead atoms. The Morgan fingerprint density at radius 3 is 2.17 bits per heavy atom. The van der Waals surface area contributed by atoms with Crippen LogP contribution in [0.2, 0.25) is 0 Å². The van der Waals surface area contributed by atoms with Crippen LogP contribution in [0.5, 0.6) is 0 Å². The van der Waals surface area contributed by atoms with Crippen LogP contribution in [0, 0.1) is 0 Å². The van der Waals surface area contributed by atoms with Crippen molar-refractivity contribution in [1.82, 2.24) is 5.32 Å². The molecule has 0 saturated carbocycles. The van der Waals surface area contributed by atoms with Crippen LogP contribution < -0.4 is 62.2 Å². The quantitative estimate of drug-likeness (QED) is 0.553. The summed E-state index contributed by atoms with van der Waals surface area (Å²) in [6.07, 6.45) is 0. The molecule has 0 spiro atoms. The summed E-state index contributed by atoms with van der Waals surface area (Å²) in [5.74, 6) is -0.311. The summed E-state index contributed by atoms with van der Waals surface area (Å²) in [6.45, 7) is 0.249. The van der Waals surface area contributed by atoms with Crippen molar-refractivity contribution >= 4 is 18.3 Å². The molecular formula is C11H12BF3KNO. The van der Waals surface area contributed by atoms with Crippen LogP contribution in [0.4, 0.5) is 12.9 Å². The summed E-state index contributed by atoms with van der Waals surface area (Å²) in [5.41, 5.74) is 0.337. The average molecular weight is 281 g/mol. The van der Waals surface area contributed by atoms with Gasteiger partial charge in [0, 0.05) is 12.1 Å². The predicted molar refractivity (Wildman–Crippen MR) is 61.8 cm³/mol. The van der Waals surface area contributed by atoms with Crippen molar-refractivity contribution in [3.8, 4) is 0 Å². The van der Waals surface area contributed by atoms with Gasteiger partial charge < -0.3 is 18.3 Å². The topological polar surface area (TPSA) is 29.1 Å². The fourth-order valence-electron chi connectivity index (χ4n) is 1.19. The third-order valence-corrected chi connectivity index (χ3v) is 2.20. The van der Waals surface area contributed by atoms with E-state index in [1.54, 1.807) is 6.92 Å². The van der Waals surface area contributed by atoms with Gasteiger partial charge in [-0.25, -0.2) is 0 Å². The molecular weight excluding hydrogens is 269 g/mol. The second-order valence-electron chi connectivity index (χ2n) is 3.78. The van der Waals surface area contributed by atoms with Gasteiger partial charge in [-0.1, -0.05) is 30.8 Å². The largest absolute Gasteiger partial charge is 1.00 e. The van der Waals surface area contributed by atoms with Crippen molar-refractivity contribution in [2.45, 2.75) is 13.5 Å². The number of amides is 1. The Morgan fingerprint density at radius 2 is 1.78 bits per heavy atom. The monoisotopic (exact) mass is 281 g/mol. The number of hydrogen-bond acceptors (Lipinski definition) is 1. The SMILES string of the molecule is C=C(C)C(=O)NCc1ccc([B-](F)(F)F)cc1.[K+]. The molecule has 0 aliphatic carbocycles. The molecule has 1 aromatic rings. The van der Waals surface area contributed by atoms with Crippen LogP contribution in [0.3, 0.4) is 0 Å². The van der Waals surface area contributed by atoms with Gasteiger partial charge in [-0.2, -0.15) is 0 Å². The standard InChI is InChI=1S/C11H12BF3NO.K/c1-8(2)11(17)16-7-9-3-5-10(6-4-9)12(13,14)15;/h3-6H,1,7H2,2H3,(H,16,17);/q-1;+1. The molecule has 7 heteroatoms. The van der Waals surface area contributed by atoms with Crippen LogP contribution in [0.15, 0.2) is 36.4 Å². The molecule has 0 fully saturated rings. The maximum atomic E-state index is 12.3. The summed E-state index contributed by atoms with van der Waals surface area (Å²) in [4.78, 5) is 11.2. The Kier molecular flexibility index (Phi) is 7.46. The average Bonchev–Trinajstić information content (AvgIpc) is 2.25. The number of benzene rings is 1. The van der Waals surface area contributed by atoms with E-state index in [-0.39, 0.29) is 63.8 Å². The summed E-state index contributed by atoms with van der Waals surface area (Å²) >= 11 is 0. The minimum Gasteiger partial charge on any atom is -0.445 e. The van der Waals surface area contributed by atoms with Gasteiger partial charge in [0.25, 0.3) is 0 Å². The molecule has 2 nitrogen and oxygen atoms in total. The van der Waals surface area contributed by atoms with Crippen molar-refractivity contribution in [1.29, 1.82) is 0 Å². The fourth-order valence-corrected chi connectivity index (χ4v) is 1.19. The van der Waals surface area contributed by atoms with Gasteiger partial charge in [0.15, 0.2) is 0 Å². The Bertz CT molecular complexity index is 431.